The molecule has 126 valence electrons. The molecular weight excluding hydrogens is 314 g/mol. The smallest absolute Gasteiger partial charge is 0.387 e. The van der Waals surface area contributed by atoms with E-state index in [-0.39, 0.29) is 24.4 Å². The van der Waals surface area contributed by atoms with Crippen molar-refractivity contribution in [3.05, 3.63) is 65.7 Å². The van der Waals surface area contributed by atoms with Gasteiger partial charge in [-0.25, -0.2) is 4.79 Å². The van der Waals surface area contributed by atoms with Crippen molar-refractivity contribution in [2.75, 3.05) is 0 Å². The van der Waals surface area contributed by atoms with Crippen LogP contribution in [-0.2, 0) is 6.54 Å². The number of urea groups is 1. The van der Waals surface area contributed by atoms with Crippen LogP contribution in [-0.4, -0.2) is 18.7 Å². The Morgan fingerprint density at radius 2 is 1.83 bits per heavy atom. The van der Waals surface area contributed by atoms with Gasteiger partial charge in [-0.3, -0.25) is 0 Å². The van der Waals surface area contributed by atoms with Crippen LogP contribution in [0, 0.1) is 0 Å². The Morgan fingerprint density at radius 3 is 2.58 bits per heavy atom. The Labute approximate surface area is 138 Å². The Hall–Kier alpha value is -2.63. The number of ether oxygens (including phenoxy) is 1. The number of rotatable bonds is 6. The molecule has 0 aliphatic heterocycles. The first-order valence-corrected chi connectivity index (χ1v) is 7.75. The summed E-state index contributed by atoms with van der Waals surface area (Å²) in [4.78, 5) is 12.0. The summed E-state index contributed by atoms with van der Waals surface area (Å²) in [6.07, 6.45) is 0.905. The Bertz CT molecular complexity index is 694. The van der Waals surface area contributed by atoms with Crippen molar-refractivity contribution in [1.82, 2.24) is 10.6 Å². The van der Waals surface area contributed by atoms with Gasteiger partial charge in [0.05, 0.1) is 0 Å². The van der Waals surface area contributed by atoms with E-state index in [4.69, 9.17) is 0 Å². The van der Waals surface area contributed by atoms with E-state index in [0.717, 1.165) is 6.42 Å². The molecule has 6 heteroatoms. The standard InChI is InChI=1S/C18H18F2N2O2/c19-17(20)24-16-9-5-4-8-13(16)11-21-18(23)22-15-10-14(15)12-6-2-1-3-7-12/h1-9,14-15,17H,10-11H2,(H2,21,22,23). The van der Waals surface area contributed by atoms with E-state index in [1.807, 2.05) is 30.3 Å². The maximum Gasteiger partial charge on any atom is 0.387 e. The fourth-order valence-electron chi connectivity index (χ4n) is 2.68. The summed E-state index contributed by atoms with van der Waals surface area (Å²) in [5.41, 5.74) is 1.71. The molecule has 2 atom stereocenters. The van der Waals surface area contributed by atoms with Crippen molar-refractivity contribution in [2.45, 2.75) is 31.5 Å². The molecule has 1 fully saturated rings. The number of halogens is 2. The third-order valence-electron chi connectivity index (χ3n) is 3.96. The van der Waals surface area contributed by atoms with Crippen LogP contribution in [0.25, 0.3) is 0 Å². The van der Waals surface area contributed by atoms with E-state index in [1.165, 1.54) is 11.6 Å². The quantitative estimate of drug-likeness (QED) is 0.848. The Balaban J connectivity index is 1.49. The lowest BCUT2D eigenvalue weighted by molar-refractivity contribution is -0.0504. The van der Waals surface area contributed by atoms with Crippen LogP contribution in [0.2, 0.25) is 0 Å². The summed E-state index contributed by atoms with van der Waals surface area (Å²) in [7, 11) is 0. The molecule has 0 heterocycles. The van der Waals surface area contributed by atoms with E-state index >= 15 is 0 Å². The van der Waals surface area contributed by atoms with Gasteiger partial charge in [0.2, 0.25) is 0 Å². The predicted molar refractivity (Wildman–Crippen MR) is 86.0 cm³/mol. The van der Waals surface area contributed by atoms with Crippen LogP contribution in [0.4, 0.5) is 13.6 Å². The molecule has 2 N–H and O–H groups in total. The highest BCUT2D eigenvalue weighted by molar-refractivity contribution is 5.75. The molecule has 0 aromatic heterocycles. The van der Waals surface area contributed by atoms with Crippen molar-refractivity contribution in [3.8, 4) is 5.75 Å². The number of hydrogen-bond acceptors (Lipinski definition) is 2. The topological polar surface area (TPSA) is 50.4 Å². The van der Waals surface area contributed by atoms with Gasteiger partial charge < -0.3 is 15.4 Å². The van der Waals surface area contributed by atoms with Crippen LogP contribution in [0.1, 0.15) is 23.5 Å². The summed E-state index contributed by atoms with van der Waals surface area (Å²) in [5.74, 6) is 0.410. The first-order chi connectivity index (χ1) is 11.6. The molecule has 0 bridgehead atoms. The third kappa shape index (κ3) is 4.22. The van der Waals surface area contributed by atoms with E-state index in [9.17, 15) is 13.6 Å². The zero-order valence-corrected chi connectivity index (χ0v) is 12.9. The zero-order valence-electron chi connectivity index (χ0n) is 12.9. The molecule has 1 saturated carbocycles. The molecule has 4 nitrogen and oxygen atoms in total. The first kappa shape index (κ1) is 16.2. The molecule has 2 amide bonds. The second-order valence-corrected chi connectivity index (χ2v) is 5.67. The number of nitrogens with one attached hydrogen (secondary N) is 2. The number of para-hydroxylation sites is 1. The van der Waals surface area contributed by atoms with Gasteiger partial charge in [0.25, 0.3) is 0 Å². The van der Waals surface area contributed by atoms with E-state index in [1.54, 1.807) is 18.2 Å². The largest absolute Gasteiger partial charge is 0.434 e. The fraction of sp³-hybridized carbons (Fsp3) is 0.278. The monoisotopic (exact) mass is 332 g/mol. The number of carbonyl (C=O) groups excluding carboxylic acids is 1. The van der Waals surface area contributed by atoms with Crippen molar-refractivity contribution < 1.29 is 18.3 Å². The molecule has 1 aliphatic rings. The van der Waals surface area contributed by atoms with Gasteiger partial charge in [0.1, 0.15) is 5.75 Å². The van der Waals surface area contributed by atoms with E-state index in [0.29, 0.717) is 11.5 Å². The summed E-state index contributed by atoms with van der Waals surface area (Å²) < 4.78 is 29.2. The van der Waals surface area contributed by atoms with Crippen LogP contribution < -0.4 is 15.4 Å². The highest BCUT2D eigenvalue weighted by Gasteiger charge is 2.39. The molecule has 2 aromatic rings. The minimum atomic E-state index is -2.89. The average molecular weight is 332 g/mol. The number of amides is 2. The fourth-order valence-corrected chi connectivity index (χ4v) is 2.68. The van der Waals surface area contributed by atoms with Crippen LogP contribution in [0.5, 0.6) is 5.75 Å². The second kappa shape index (κ2) is 7.29. The van der Waals surface area contributed by atoms with Crippen molar-refractivity contribution in [3.63, 3.8) is 0 Å². The summed E-state index contributed by atoms with van der Waals surface area (Å²) in [6, 6.07) is 16.2. The predicted octanol–water partition coefficient (Wildman–Crippen LogP) is 3.64. The SMILES string of the molecule is O=C(NCc1ccccc1OC(F)F)NC1CC1c1ccccc1. The lowest BCUT2D eigenvalue weighted by Crippen LogP contribution is -2.37. The highest BCUT2D eigenvalue weighted by Crippen LogP contribution is 2.40. The number of hydrogen-bond donors (Lipinski definition) is 2. The summed E-state index contributed by atoms with van der Waals surface area (Å²) in [5, 5.41) is 5.57. The maximum atomic E-state index is 12.4. The van der Waals surface area contributed by atoms with Gasteiger partial charge in [-0.2, -0.15) is 8.78 Å². The molecule has 24 heavy (non-hydrogen) atoms. The van der Waals surface area contributed by atoms with Crippen molar-refractivity contribution in [2.24, 2.45) is 0 Å². The van der Waals surface area contributed by atoms with Gasteiger partial charge in [0.15, 0.2) is 0 Å². The Morgan fingerprint density at radius 1 is 1.12 bits per heavy atom. The maximum absolute atomic E-state index is 12.4. The molecule has 1 aliphatic carbocycles. The first-order valence-electron chi connectivity index (χ1n) is 7.75. The highest BCUT2D eigenvalue weighted by atomic mass is 19.3. The van der Waals surface area contributed by atoms with Crippen molar-refractivity contribution >= 4 is 6.03 Å². The number of alkyl halides is 2. The van der Waals surface area contributed by atoms with Gasteiger partial charge in [-0.15, -0.1) is 0 Å². The second-order valence-electron chi connectivity index (χ2n) is 5.67. The minimum Gasteiger partial charge on any atom is -0.434 e. The normalized spacial score (nSPS) is 19.0. The lowest BCUT2D eigenvalue weighted by Gasteiger charge is -2.12. The molecule has 0 radical (unpaired) electrons. The lowest BCUT2D eigenvalue weighted by atomic mass is 10.1. The van der Waals surface area contributed by atoms with Gasteiger partial charge >= 0.3 is 12.6 Å². The molecule has 2 unspecified atom stereocenters. The summed E-state index contributed by atoms with van der Waals surface area (Å²) >= 11 is 0. The van der Waals surface area contributed by atoms with E-state index < -0.39 is 6.61 Å². The molecule has 0 saturated heterocycles. The number of carbonyl (C=O) groups is 1. The molecular formula is C18H18F2N2O2. The zero-order chi connectivity index (χ0) is 16.9. The average Bonchev–Trinajstić information content (AvgIpc) is 3.33. The van der Waals surface area contributed by atoms with Crippen LogP contribution in [0.15, 0.2) is 54.6 Å². The minimum absolute atomic E-state index is 0.0707. The van der Waals surface area contributed by atoms with E-state index in [2.05, 4.69) is 15.4 Å². The van der Waals surface area contributed by atoms with Crippen molar-refractivity contribution in [1.29, 1.82) is 0 Å². The van der Waals surface area contributed by atoms with Crippen LogP contribution >= 0.6 is 0 Å². The van der Waals surface area contributed by atoms with Gasteiger partial charge in [0, 0.05) is 24.1 Å². The van der Waals surface area contributed by atoms with Crippen LogP contribution in [0.3, 0.4) is 0 Å². The molecule has 0 spiro atoms. The van der Waals surface area contributed by atoms with Gasteiger partial charge in [-0.05, 0) is 18.1 Å². The number of benzene rings is 2. The molecule has 2 aromatic carbocycles. The molecule has 3 rings (SSSR count). The Kier molecular flexibility index (Phi) is 4.93. The van der Waals surface area contributed by atoms with Gasteiger partial charge in [-0.1, -0.05) is 48.5 Å². The summed E-state index contributed by atoms with van der Waals surface area (Å²) in [6.45, 7) is -2.77. The third-order valence-corrected chi connectivity index (χ3v) is 3.96.